The molecule has 0 fully saturated rings. The standard InChI is InChI=1S/C5H5Cl2NOS/c6-3-8(9)5-2-1-4(7)10-5/h1-2,9H,3H2. The van der Waals surface area contributed by atoms with Crippen LogP contribution in [0.15, 0.2) is 12.1 Å². The Morgan fingerprint density at radius 1 is 1.60 bits per heavy atom. The van der Waals surface area contributed by atoms with Gasteiger partial charge in [-0.05, 0) is 12.1 Å². The topological polar surface area (TPSA) is 23.5 Å². The van der Waals surface area contributed by atoms with E-state index < -0.39 is 0 Å². The fourth-order valence-corrected chi connectivity index (χ4v) is 1.64. The quantitative estimate of drug-likeness (QED) is 0.448. The number of nitrogens with zero attached hydrogens (tertiary/aromatic N) is 1. The highest BCUT2D eigenvalue weighted by Gasteiger charge is 2.02. The molecule has 5 heteroatoms. The molecule has 0 amide bonds. The van der Waals surface area contributed by atoms with Crippen molar-refractivity contribution in [3.05, 3.63) is 16.5 Å². The fraction of sp³-hybridized carbons (Fsp3) is 0.200. The minimum absolute atomic E-state index is 0.0524. The normalized spacial score (nSPS) is 9.90. The lowest BCUT2D eigenvalue weighted by molar-refractivity contribution is 0.275. The molecule has 0 radical (unpaired) electrons. The lowest BCUT2D eigenvalue weighted by Crippen LogP contribution is -2.13. The number of hydrogen-bond donors (Lipinski definition) is 1. The van der Waals surface area contributed by atoms with Crippen molar-refractivity contribution in [2.24, 2.45) is 0 Å². The third-order valence-corrected chi connectivity index (χ3v) is 2.40. The molecule has 0 aliphatic rings. The van der Waals surface area contributed by atoms with Gasteiger partial charge >= 0.3 is 0 Å². The van der Waals surface area contributed by atoms with E-state index in [0.717, 1.165) is 5.06 Å². The molecule has 0 saturated heterocycles. The molecule has 0 aliphatic carbocycles. The molecule has 1 N–H and O–H groups in total. The van der Waals surface area contributed by atoms with Gasteiger partial charge in [0.15, 0.2) is 0 Å². The van der Waals surface area contributed by atoms with Gasteiger partial charge in [0, 0.05) is 0 Å². The van der Waals surface area contributed by atoms with Crippen LogP contribution in [0.4, 0.5) is 5.00 Å². The van der Waals surface area contributed by atoms with E-state index in [-0.39, 0.29) is 6.00 Å². The summed E-state index contributed by atoms with van der Waals surface area (Å²) < 4.78 is 0.638. The van der Waals surface area contributed by atoms with Crippen molar-refractivity contribution in [3.8, 4) is 0 Å². The molecule has 0 spiro atoms. The van der Waals surface area contributed by atoms with Gasteiger partial charge < -0.3 is 0 Å². The Hall–Kier alpha value is 0.0400. The summed E-state index contributed by atoms with van der Waals surface area (Å²) >= 11 is 12.2. The van der Waals surface area contributed by atoms with E-state index in [1.54, 1.807) is 12.1 Å². The van der Waals surface area contributed by atoms with Gasteiger partial charge in [0.2, 0.25) is 0 Å². The number of hydroxylamine groups is 1. The largest absolute Gasteiger partial charge is 0.286 e. The van der Waals surface area contributed by atoms with Crippen molar-refractivity contribution in [2.45, 2.75) is 0 Å². The highest BCUT2D eigenvalue weighted by molar-refractivity contribution is 7.19. The van der Waals surface area contributed by atoms with E-state index in [9.17, 15) is 0 Å². The minimum Gasteiger partial charge on any atom is -0.286 e. The third-order valence-electron chi connectivity index (χ3n) is 0.927. The lowest BCUT2D eigenvalue weighted by atomic mass is 10.6. The zero-order chi connectivity index (χ0) is 7.56. The molecule has 1 rings (SSSR count). The maximum absolute atomic E-state index is 9.00. The first-order chi connectivity index (χ1) is 4.74. The molecule has 0 aromatic carbocycles. The van der Waals surface area contributed by atoms with Crippen LogP contribution in [0, 0.1) is 0 Å². The van der Waals surface area contributed by atoms with E-state index in [1.165, 1.54) is 11.3 Å². The fourth-order valence-electron chi connectivity index (χ4n) is 0.502. The van der Waals surface area contributed by atoms with Gasteiger partial charge in [-0.15, -0.1) is 22.9 Å². The molecule has 0 aliphatic heterocycles. The highest BCUT2D eigenvalue weighted by atomic mass is 35.5. The summed E-state index contributed by atoms with van der Waals surface area (Å²) in [4.78, 5) is 0. The first kappa shape index (κ1) is 8.14. The predicted molar refractivity (Wildman–Crippen MR) is 44.3 cm³/mol. The summed E-state index contributed by atoms with van der Waals surface area (Å²) in [5, 5.41) is 10.6. The van der Waals surface area contributed by atoms with Gasteiger partial charge in [0.05, 0.1) is 4.34 Å². The molecule has 2 nitrogen and oxygen atoms in total. The van der Waals surface area contributed by atoms with E-state index in [4.69, 9.17) is 28.4 Å². The third kappa shape index (κ3) is 1.76. The number of rotatable bonds is 2. The van der Waals surface area contributed by atoms with Crippen molar-refractivity contribution in [2.75, 3.05) is 11.1 Å². The number of hydrogen-bond acceptors (Lipinski definition) is 3. The minimum atomic E-state index is 0.0524. The molecule has 0 bridgehead atoms. The van der Waals surface area contributed by atoms with Gasteiger partial charge in [-0.1, -0.05) is 11.6 Å². The molecule has 1 aromatic rings. The zero-order valence-electron chi connectivity index (χ0n) is 4.92. The van der Waals surface area contributed by atoms with Gasteiger partial charge in [0.25, 0.3) is 0 Å². The van der Waals surface area contributed by atoms with Crippen LogP contribution in [-0.2, 0) is 0 Å². The van der Waals surface area contributed by atoms with Crippen LogP contribution >= 0.6 is 34.5 Å². The lowest BCUT2D eigenvalue weighted by Gasteiger charge is -2.08. The molecule has 0 saturated carbocycles. The van der Waals surface area contributed by atoms with Crippen LogP contribution in [0.3, 0.4) is 0 Å². The maximum atomic E-state index is 9.00. The second-order valence-corrected chi connectivity index (χ2v) is 3.53. The Kier molecular flexibility index (Phi) is 2.80. The molecule has 1 aromatic heterocycles. The Morgan fingerprint density at radius 2 is 2.30 bits per heavy atom. The Labute approximate surface area is 72.6 Å². The Balaban J connectivity index is 2.74. The van der Waals surface area contributed by atoms with E-state index in [2.05, 4.69) is 0 Å². The Morgan fingerprint density at radius 3 is 2.70 bits per heavy atom. The highest BCUT2D eigenvalue weighted by Crippen LogP contribution is 2.28. The molecule has 56 valence electrons. The first-order valence-corrected chi connectivity index (χ1v) is 4.24. The SMILES string of the molecule is ON(CCl)c1ccc(Cl)s1. The smallest absolute Gasteiger partial charge is 0.120 e. The monoisotopic (exact) mass is 197 g/mol. The Bertz CT molecular complexity index is 215. The summed E-state index contributed by atoms with van der Waals surface area (Å²) in [6.07, 6.45) is 0. The van der Waals surface area contributed by atoms with E-state index >= 15 is 0 Å². The average Bonchev–Trinajstić information content (AvgIpc) is 2.34. The number of anilines is 1. The molecule has 0 atom stereocenters. The van der Waals surface area contributed by atoms with Crippen LogP contribution in [-0.4, -0.2) is 11.2 Å². The summed E-state index contributed by atoms with van der Waals surface area (Å²) in [6, 6.07) is 3.46. The predicted octanol–water partition coefficient (Wildman–Crippen LogP) is 2.79. The maximum Gasteiger partial charge on any atom is 0.120 e. The number of alkyl halides is 1. The van der Waals surface area contributed by atoms with E-state index in [1.807, 2.05) is 0 Å². The summed E-state index contributed by atoms with van der Waals surface area (Å²) in [7, 11) is 0. The van der Waals surface area contributed by atoms with E-state index in [0.29, 0.717) is 9.34 Å². The number of halogens is 2. The summed E-state index contributed by atoms with van der Waals surface area (Å²) in [5.74, 6) is 0. The van der Waals surface area contributed by atoms with Crippen molar-refractivity contribution < 1.29 is 5.21 Å². The first-order valence-electron chi connectivity index (χ1n) is 2.52. The molecular weight excluding hydrogens is 193 g/mol. The summed E-state index contributed by atoms with van der Waals surface area (Å²) in [5.41, 5.74) is 0. The van der Waals surface area contributed by atoms with Gasteiger partial charge in [0.1, 0.15) is 11.0 Å². The van der Waals surface area contributed by atoms with Gasteiger partial charge in [-0.25, -0.2) is 5.06 Å². The van der Waals surface area contributed by atoms with Crippen molar-refractivity contribution in [3.63, 3.8) is 0 Å². The molecular formula is C5H5Cl2NOS. The van der Waals surface area contributed by atoms with Crippen molar-refractivity contribution in [1.82, 2.24) is 0 Å². The van der Waals surface area contributed by atoms with Crippen LogP contribution in [0.25, 0.3) is 0 Å². The zero-order valence-corrected chi connectivity index (χ0v) is 7.25. The second-order valence-electron chi connectivity index (χ2n) is 1.60. The molecule has 10 heavy (non-hydrogen) atoms. The molecule has 1 heterocycles. The van der Waals surface area contributed by atoms with Crippen molar-refractivity contribution in [1.29, 1.82) is 0 Å². The van der Waals surface area contributed by atoms with Crippen molar-refractivity contribution >= 4 is 39.5 Å². The van der Waals surface area contributed by atoms with Gasteiger partial charge in [-0.2, -0.15) is 0 Å². The average molecular weight is 198 g/mol. The number of thiophene rings is 1. The van der Waals surface area contributed by atoms with Gasteiger partial charge in [-0.3, -0.25) is 5.21 Å². The summed E-state index contributed by atoms with van der Waals surface area (Å²) in [6.45, 7) is 0. The molecule has 0 unspecified atom stereocenters. The van der Waals surface area contributed by atoms with Crippen LogP contribution < -0.4 is 5.06 Å². The van der Waals surface area contributed by atoms with Crippen LogP contribution in [0.5, 0.6) is 0 Å². The second kappa shape index (κ2) is 3.44. The van der Waals surface area contributed by atoms with Crippen LogP contribution in [0.2, 0.25) is 4.34 Å². The van der Waals surface area contributed by atoms with Crippen LogP contribution in [0.1, 0.15) is 0 Å².